The van der Waals surface area contributed by atoms with Crippen LogP contribution in [0, 0.1) is 13.8 Å². The average molecular weight is 404 g/mol. The third-order valence-corrected chi connectivity index (χ3v) is 5.35. The van der Waals surface area contributed by atoms with Crippen molar-refractivity contribution in [3.63, 3.8) is 0 Å². The highest BCUT2D eigenvalue weighted by Gasteiger charge is 2.25. The van der Waals surface area contributed by atoms with E-state index in [0.29, 0.717) is 37.5 Å². The van der Waals surface area contributed by atoms with Gasteiger partial charge in [-0.3, -0.25) is 9.59 Å². The summed E-state index contributed by atoms with van der Waals surface area (Å²) < 4.78 is 5.54. The molecule has 7 nitrogen and oxygen atoms in total. The lowest BCUT2D eigenvalue weighted by Crippen LogP contribution is -2.51. The molecule has 30 heavy (non-hydrogen) atoms. The van der Waals surface area contributed by atoms with E-state index in [-0.39, 0.29) is 18.4 Å². The normalized spacial score (nSPS) is 14.1. The molecule has 1 aromatic heterocycles. The Kier molecular flexibility index (Phi) is 5.61. The summed E-state index contributed by atoms with van der Waals surface area (Å²) in [6.45, 7) is 5.81. The Labute approximate surface area is 175 Å². The number of fused-ring (bicyclic) bond motifs is 1. The van der Waals surface area contributed by atoms with Crippen LogP contribution in [0.5, 0.6) is 5.75 Å². The van der Waals surface area contributed by atoms with Crippen molar-refractivity contribution in [2.45, 2.75) is 13.8 Å². The Balaban J connectivity index is 1.35. The van der Waals surface area contributed by atoms with Gasteiger partial charge in [0.15, 0.2) is 6.61 Å². The number of carbonyl (C=O) groups is 2. The van der Waals surface area contributed by atoms with Crippen molar-refractivity contribution in [1.29, 1.82) is 0 Å². The first-order chi connectivity index (χ1) is 14.5. The highest BCUT2D eigenvalue weighted by molar-refractivity contribution is 5.97. The van der Waals surface area contributed by atoms with Crippen molar-refractivity contribution in [2.24, 2.45) is 0 Å². The van der Waals surface area contributed by atoms with Gasteiger partial charge >= 0.3 is 0 Å². The number of amides is 2. The van der Waals surface area contributed by atoms with E-state index in [1.165, 1.54) is 0 Å². The zero-order chi connectivity index (χ0) is 21.1. The van der Waals surface area contributed by atoms with Gasteiger partial charge in [0.25, 0.3) is 11.8 Å². The summed E-state index contributed by atoms with van der Waals surface area (Å²) in [7, 11) is 0. The molecule has 3 aromatic rings. The molecule has 0 atom stereocenters. The van der Waals surface area contributed by atoms with Crippen molar-refractivity contribution in [3.05, 3.63) is 65.5 Å². The zero-order valence-electron chi connectivity index (χ0n) is 17.2. The Morgan fingerprint density at radius 1 is 0.867 bits per heavy atom. The third kappa shape index (κ3) is 4.25. The summed E-state index contributed by atoms with van der Waals surface area (Å²) >= 11 is 0. The van der Waals surface area contributed by atoms with E-state index in [2.05, 4.69) is 9.97 Å². The van der Waals surface area contributed by atoms with Gasteiger partial charge in [-0.25, -0.2) is 9.97 Å². The summed E-state index contributed by atoms with van der Waals surface area (Å²) in [5.74, 6) is 0.548. The van der Waals surface area contributed by atoms with E-state index >= 15 is 0 Å². The molecule has 2 aromatic carbocycles. The lowest BCUT2D eigenvalue weighted by molar-refractivity contribution is -0.134. The van der Waals surface area contributed by atoms with E-state index < -0.39 is 0 Å². The first kappa shape index (κ1) is 19.8. The largest absolute Gasteiger partial charge is 0.484 e. The molecule has 1 saturated heterocycles. The molecule has 1 aliphatic rings. The molecule has 154 valence electrons. The number of piperazine rings is 1. The standard InChI is InChI=1S/C23H24N4O3/c1-16-17(2)25-21-14-18(8-9-20(21)24-16)23(29)27-12-10-26(11-13-27)22(28)15-30-19-6-4-3-5-7-19/h3-9,14H,10-13,15H2,1-2H3. The fourth-order valence-electron chi connectivity index (χ4n) is 3.46. The molecule has 7 heteroatoms. The molecule has 0 aliphatic carbocycles. The Bertz CT molecular complexity index is 1080. The second-order valence-electron chi connectivity index (χ2n) is 7.37. The van der Waals surface area contributed by atoms with Gasteiger partial charge < -0.3 is 14.5 Å². The minimum absolute atomic E-state index is 0.0000710. The monoisotopic (exact) mass is 404 g/mol. The van der Waals surface area contributed by atoms with E-state index in [4.69, 9.17) is 4.74 Å². The number of aromatic nitrogens is 2. The number of hydrogen-bond donors (Lipinski definition) is 0. The predicted octanol–water partition coefficient (Wildman–Crippen LogP) is 2.61. The second kappa shape index (κ2) is 8.49. The molecule has 0 N–H and O–H groups in total. The molecule has 0 spiro atoms. The van der Waals surface area contributed by atoms with Gasteiger partial charge in [-0.15, -0.1) is 0 Å². The van der Waals surface area contributed by atoms with Crippen LogP contribution in [0.1, 0.15) is 21.7 Å². The third-order valence-electron chi connectivity index (χ3n) is 5.35. The highest BCUT2D eigenvalue weighted by atomic mass is 16.5. The van der Waals surface area contributed by atoms with Crippen LogP contribution in [-0.2, 0) is 4.79 Å². The minimum Gasteiger partial charge on any atom is -0.484 e. The number of ether oxygens (including phenoxy) is 1. The number of carbonyl (C=O) groups excluding carboxylic acids is 2. The number of aryl methyl sites for hydroxylation is 2. The van der Waals surface area contributed by atoms with E-state index in [1.54, 1.807) is 21.9 Å². The van der Waals surface area contributed by atoms with E-state index in [9.17, 15) is 9.59 Å². The van der Waals surface area contributed by atoms with Crippen molar-refractivity contribution >= 4 is 22.8 Å². The van der Waals surface area contributed by atoms with Gasteiger partial charge in [0.2, 0.25) is 0 Å². The van der Waals surface area contributed by atoms with Gasteiger partial charge in [-0.1, -0.05) is 18.2 Å². The number of rotatable bonds is 4. The lowest BCUT2D eigenvalue weighted by Gasteiger charge is -2.34. The minimum atomic E-state index is -0.0715. The van der Waals surface area contributed by atoms with Gasteiger partial charge in [-0.05, 0) is 44.2 Å². The van der Waals surface area contributed by atoms with Crippen LogP contribution in [0.2, 0.25) is 0 Å². The zero-order valence-corrected chi connectivity index (χ0v) is 17.2. The Morgan fingerprint density at radius 2 is 1.50 bits per heavy atom. The van der Waals surface area contributed by atoms with Crippen LogP contribution in [0.15, 0.2) is 48.5 Å². The van der Waals surface area contributed by atoms with Gasteiger partial charge in [0.05, 0.1) is 22.4 Å². The Hall–Kier alpha value is -3.48. The fraction of sp³-hybridized carbons (Fsp3) is 0.304. The Morgan fingerprint density at radius 3 is 2.20 bits per heavy atom. The first-order valence-electron chi connectivity index (χ1n) is 10.0. The molecular formula is C23H24N4O3. The molecule has 2 heterocycles. The summed E-state index contributed by atoms with van der Waals surface area (Å²) in [5.41, 5.74) is 3.84. The maximum Gasteiger partial charge on any atom is 0.260 e. The van der Waals surface area contributed by atoms with Crippen LogP contribution in [0.4, 0.5) is 0 Å². The first-order valence-corrected chi connectivity index (χ1v) is 10.0. The summed E-state index contributed by atoms with van der Waals surface area (Å²) in [5, 5.41) is 0. The van der Waals surface area contributed by atoms with Gasteiger partial charge in [-0.2, -0.15) is 0 Å². The van der Waals surface area contributed by atoms with Crippen molar-refractivity contribution in [1.82, 2.24) is 19.8 Å². The maximum absolute atomic E-state index is 12.9. The summed E-state index contributed by atoms with van der Waals surface area (Å²) in [6.07, 6.45) is 0. The van der Waals surface area contributed by atoms with Crippen LogP contribution in [0.3, 0.4) is 0 Å². The lowest BCUT2D eigenvalue weighted by atomic mass is 10.1. The summed E-state index contributed by atoms with van der Waals surface area (Å²) in [6, 6.07) is 14.7. The average Bonchev–Trinajstić information content (AvgIpc) is 2.78. The fourth-order valence-corrected chi connectivity index (χ4v) is 3.46. The van der Waals surface area contributed by atoms with E-state index in [0.717, 1.165) is 22.4 Å². The van der Waals surface area contributed by atoms with Gasteiger partial charge in [0.1, 0.15) is 5.75 Å². The molecule has 2 amide bonds. The maximum atomic E-state index is 12.9. The summed E-state index contributed by atoms with van der Waals surface area (Å²) in [4.78, 5) is 37.9. The number of para-hydroxylation sites is 1. The quantitative estimate of drug-likeness (QED) is 0.668. The van der Waals surface area contributed by atoms with E-state index in [1.807, 2.05) is 50.2 Å². The number of nitrogens with zero attached hydrogens (tertiary/aromatic N) is 4. The van der Waals surface area contributed by atoms with Crippen molar-refractivity contribution < 1.29 is 14.3 Å². The second-order valence-corrected chi connectivity index (χ2v) is 7.37. The van der Waals surface area contributed by atoms with Crippen LogP contribution in [0.25, 0.3) is 11.0 Å². The number of hydrogen-bond acceptors (Lipinski definition) is 5. The molecule has 0 unspecified atom stereocenters. The molecule has 0 bridgehead atoms. The van der Waals surface area contributed by atoms with Gasteiger partial charge in [0, 0.05) is 31.7 Å². The van der Waals surface area contributed by atoms with Crippen molar-refractivity contribution in [2.75, 3.05) is 32.8 Å². The number of benzene rings is 2. The molecule has 1 fully saturated rings. The topological polar surface area (TPSA) is 75.6 Å². The molecule has 0 saturated carbocycles. The molecule has 4 rings (SSSR count). The molecule has 1 aliphatic heterocycles. The molecule has 0 radical (unpaired) electrons. The highest BCUT2D eigenvalue weighted by Crippen LogP contribution is 2.17. The van der Waals surface area contributed by atoms with Crippen LogP contribution >= 0.6 is 0 Å². The molecular weight excluding hydrogens is 380 g/mol. The van der Waals surface area contributed by atoms with Crippen molar-refractivity contribution in [3.8, 4) is 5.75 Å². The predicted molar refractivity (Wildman–Crippen MR) is 113 cm³/mol. The SMILES string of the molecule is Cc1nc2ccc(C(=O)N3CCN(C(=O)COc4ccccc4)CC3)cc2nc1C. The smallest absolute Gasteiger partial charge is 0.260 e. The van der Waals surface area contributed by atoms with Crippen LogP contribution in [-0.4, -0.2) is 64.4 Å². The van der Waals surface area contributed by atoms with Crippen LogP contribution < -0.4 is 4.74 Å².